The predicted octanol–water partition coefficient (Wildman–Crippen LogP) is 0.232. The fraction of sp³-hybridized carbons (Fsp3) is 0.909. The number of carbonyl (C=O) groups is 1. The second-order valence-corrected chi connectivity index (χ2v) is 4.63. The van der Waals surface area contributed by atoms with E-state index in [2.05, 4.69) is 12.2 Å². The van der Waals surface area contributed by atoms with Crippen LogP contribution < -0.4 is 5.32 Å². The molecule has 2 heterocycles. The van der Waals surface area contributed by atoms with Gasteiger partial charge in [-0.3, -0.25) is 4.79 Å². The van der Waals surface area contributed by atoms with Crippen molar-refractivity contribution in [3.8, 4) is 0 Å². The van der Waals surface area contributed by atoms with Crippen LogP contribution >= 0.6 is 0 Å². The monoisotopic (exact) mass is 212 g/mol. The average Bonchev–Trinajstić information content (AvgIpc) is 2.74. The van der Waals surface area contributed by atoms with Gasteiger partial charge in [0.05, 0.1) is 12.1 Å². The number of rotatable bonds is 3. The number of amides is 1. The third kappa shape index (κ3) is 2.32. The molecule has 1 N–H and O–H groups in total. The van der Waals surface area contributed by atoms with Gasteiger partial charge in [-0.2, -0.15) is 0 Å². The van der Waals surface area contributed by atoms with E-state index in [4.69, 9.17) is 4.74 Å². The first-order valence-electron chi connectivity index (χ1n) is 5.78. The lowest BCUT2D eigenvalue weighted by atomic mass is 10.0. The molecule has 2 aliphatic heterocycles. The van der Waals surface area contributed by atoms with Crippen LogP contribution in [0.2, 0.25) is 0 Å². The van der Waals surface area contributed by atoms with E-state index in [9.17, 15) is 4.79 Å². The Morgan fingerprint density at radius 2 is 2.33 bits per heavy atom. The summed E-state index contributed by atoms with van der Waals surface area (Å²) in [5, 5.41) is 3.36. The van der Waals surface area contributed by atoms with Crippen LogP contribution in [-0.4, -0.2) is 49.7 Å². The normalized spacial score (nSPS) is 36.5. The molecular weight excluding hydrogens is 192 g/mol. The number of likely N-dealkylation sites (N-methyl/N-ethyl adjacent to an activating group) is 1. The largest absolute Gasteiger partial charge is 0.378 e. The van der Waals surface area contributed by atoms with Crippen molar-refractivity contribution in [2.24, 2.45) is 5.92 Å². The zero-order valence-electron chi connectivity index (χ0n) is 9.53. The summed E-state index contributed by atoms with van der Waals surface area (Å²) in [5.41, 5.74) is 0. The Labute approximate surface area is 91.0 Å². The summed E-state index contributed by atoms with van der Waals surface area (Å²) >= 11 is 0. The fourth-order valence-electron chi connectivity index (χ4n) is 2.35. The Balaban J connectivity index is 1.76. The molecule has 0 aromatic rings. The molecule has 2 fully saturated rings. The maximum atomic E-state index is 11.6. The third-order valence-electron chi connectivity index (χ3n) is 3.59. The van der Waals surface area contributed by atoms with Crippen molar-refractivity contribution in [2.75, 3.05) is 26.7 Å². The van der Waals surface area contributed by atoms with Gasteiger partial charge in [0.15, 0.2) is 0 Å². The fourth-order valence-corrected chi connectivity index (χ4v) is 2.35. The van der Waals surface area contributed by atoms with Crippen LogP contribution in [-0.2, 0) is 9.53 Å². The topological polar surface area (TPSA) is 41.6 Å². The van der Waals surface area contributed by atoms with E-state index >= 15 is 0 Å². The highest BCUT2D eigenvalue weighted by Gasteiger charge is 2.31. The van der Waals surface area contributed by atoms with Gasteiger partial charge in [0.1, 0.15) is 0 Å². The van der Waals surface area contributed by atoms with E-state index in [1.165, 1.54) is 0 Å². The first-order valence-corrected chi connectivity index (χ1v) is 5.78. The molecule has 3 atom stereocenters. The number of nitrogens with zero attached hydrogens (tertiary/aromatic N) is 1. The average molecular weight is 212 g/mol. The molecule has 86 valence electrons. The summed E-state index contributed by atoms with van der Waals surface area (Å²) < 4.78 is 5.49. The Kier molecular flexibility index (Phi) is 3.26. The van der Waals surface area contributed by atoms with Gasteiger partial charge in [0.25, 0.3) is 0 Å². The summed E-state index contributed by atoms with van der Waals surface area (Å²) in [7, 11) is 1.87. The minimum absolute atomic E-state index is 0.0443. The highest BCUT2D eigenvalue weighted by Crippen LogP contribution is 2.20. The minimum atomic E-state index is 0.0443. The molecule has 0 aromatic heterocycles. The number of nitrogens with one attached hydrogen (secondary N) is 1. The number of carbonyl (C=O) groups excluding carboxylic acids is 1. The van der Waals surface area contributed by atoms with E-state index in [0.717, 1.165) is 32.5 Å². The highest BCUT2D eigenvalue weighted by atomic mass is 16.5. The predicted molar refractivity (Wildman–Crippen MR) is 57.6 cm³/mol. The first kappa shape index (κ1) is 10.9. The number of hydrogen-bond acceptors (Lipinski definition) is 3. The van der Waals surface area contributed by atoms with Crippen LogP contribution in [0.1, 0.15) is 19.8 Å². The molecule has 15 heavy (non-hydrogen) atoms. The van der Waals surface area contributed by atoms with Crippen molar-refractivity contribution in [3.63, 3.8) is 0 Å². The molecule has 0 radical (unpaired) electrons. The summed E-state index contributed by atoms with van der Waals surface area (Å²) in [6, 6.07) is 0.0443. The van der Waals surface area contributed by atoms with Crippen LogP contribution in [0, 0.1) is 5.92 Å². The highest BCUT2D eigenvalue weighted by molar-refractivity contribution is 5.83. The van der Waals surface area contributed by atoms with Crippen LogP contribution in [0.25, 0.3) is 0 Å². The zero-order valence-corrected chi connectivity index (χ0v) is 9.53. The third-order valence-corrected chi connectivity index (χ3v) is 3.59. The zero-order chi connectivity index (χ0) is 10.8. The van der Waals surface area contributed by atoms with Crippen LogP contribution in [0.4, 0.5) is 0 Å². The molecule has 2 saturated heterocycles. The van der Waals surface area contributed by atoms with E-state index in [1.807, 2.05) is 7.05 Å². The quantitative estimate of drug-likeness (QED) is 0.728. The van der Waals surface area contributed by atoms with Gasteiger partial charge >= 0.3 is 0 Å². The molecule has 4 heteroatoms. The molecule has 0 saturated carbocycles. The van der Waals surface area contributed by atoms with Gasteiger partial charge in [-0.25, -0.2) is 0 Å². The maximum Gasteiger partial charge on any atom is 0.239 e. The summed E-state index contributed by atoms with van der Waals surface area (Å²) in [5.74, 6) is 0.810. The van der Waals surface area contributed by atoms with Crippen LogP contribution in [0.15, 0.2) is 0 Å². The van der Waals surface area contributed by atoms with Crippen LogP contribution in [0.5, 0.6) is 0 Å². The Hall–Kier alpha value is -0.610. The Morgan fingerprint density at radius 1 is 1.53 bits per heavy atom. The molecule has 1 amide bonds. The second-order valence-electron chi connectivity index (χ2n) is 4.63. The number of likely N-dealkylation sites (tertiary alicyclic amines) is 1. The molecule has 0 aliphatic carbocycles. The number of hydrogen-bond donors (Lipinski definition) is 1. The van der Waals surface area contributed by atoms with E-state index in [0.29, 0.717) is 12.0 Å². The van der Waals surface area contributed by atoms with Crippen molar-refractivity contribution in [1.82, 2.24) is 10.2 Å². The number of ether oxygens (including phenoxy) is 1. The molecule has 2 aliphatic rings. The van der Waals surface area contributed by atoms with Gasteiger partial charge in [0, 0.05) is 26.7 Å². The van der Waals surface area contributed by atoms with Crippen molar-refractivity contribution >= 4 is 5.91 Å². The van der Waals surface area contributed by atoms with E-state index < -0.39 is 0 Å². The molecule has 0 spiro atoms. The van der Waals surface area contributed by atoms with Gasteiger partial charge in [0.2, 0.25) is 5.91 Å². The lowest BCUT2D eigenvalue weighted by Gasteiger charge is -2.17. The van der Waals surface area contributed by atoms with Crippen LogP contribution in [0.3, 0.4) is 0 Å². The van der Waals surface area contributed by atoms with Crippen molar-refractivity contribution in [2.45, 2.75) is 31.9 Å². The first-order chi connectivity index (χ1) is 7.18. The van der Waals surface area contributed by atoms with E-state index in [-0.39, 0.29) is 11.9 Å². The molecule has 0 aromatic carbocycles. The SMILES string of the molecule is CC1OCCC1CNC1CCN(C)C1=O. The lowest BCUT2D eigenvalue weighted by molar-refractivity contribution is -0.128. The van der Waals surface area contributed by atoms with Gasteiger partial charge in [-0.15, -0.1) is 0 Å². The van der Waals surface area contributed by atoms with Gasteiger partial charge in [-0.1, -0.05) is 0 Å². The molecule has 4 nitrogen and oxygen atoms in total. The summed E-state index contributed by atoms with van der Waals surface area (Å²) in [6.45, 7) is 4.77. The maximum absolute atomic E-state index is 11.6. The van der Waals surface area contributed by atoms with E-state index in [1.54, 1.807) is 4.90 Å². The molecule has 3 unspecified atom stereocenters. The minimum Gasteiger partial charge on any atom is -0.378 e. The second kappa shape index (κ2) is 4.49. The lowest BCUT2D eigenvalue weighted by Crippen LogP contribution is -2.40. The summed E-state index contributed by atoms with van der Waals surface area (Å²) in [4.78, 5) is 13.4. The van der Waals surface area contributed by atoms with Crippen molar-refractivity contribution in [3.05, 3.63) is 0 Å². The van der Waals surface area contributed by atoms with Crippen molar-refractivity contribution < 1.29 is 9.53 Å². The smallest absolute Gasteiger partial charge is 0.239 e. The van der Waals surface area contributed by atoms with Gasteiger partial charge in [-0.05, 0) is 25.7 Å². The molecule has 2 rings (SSSR count). The Bertz CT molecular complexity index is 245. The van der Waals surface area contributed by atoms with Gasteiger partial charge < -0.3 is 15.0 Å². The van der Waals surface area contributed by atoms with Crippen molar-refractivity contribution in [1.29, 1.82) is 0 Å². The standard InChI is InChI=1S/C11H20N2O2/c1-8-9(4-6-15-8)7-12-10-3-5-13(2)11(10)14/h8-10,12H,3-7H2,1-2H3. The summed E-state index contributed by atoms with van der Waals surface area (Å²) in [6.07, 6.45) is 2.40. The Morgan fingerprint density at radius 3 is 2.87 bits per heavy atom. The molecule has 0 bridgehead atoms. The molecular formula is C11H20N2O2.